The molecule has 0 saturated carbocycles. The van der Waals surface area contributed by atoms with Crippen LogP contribution in [0, 0.1) is 13.8 Å². The molecule has 4 nitrogen and oxygen atoms in total. The molecular formula is C16H20O4. The molecule has 0 aliphatic carbocycles. The van der Waals surface area contributed by atoms with Gasteiger partial charge >= 0.3 is 11.9 Å². The van der Waals surface area contributed by atoms with Crippen LogP contribution in [0.15, 0.2) is 30.4 Å². The highest BCUT2D eigenvalue weighted by atomic mass is 16.5. The van der Waals surface area contributed by atoms with Crippen LogP contribution in [-0.2, 0) is 14.3 Å². The first-order valence-electron chi connectivity index (χ1n) is 6.48. The highest BCUT2D eigenvalue weighted by Gasteiger charge is 2.08. The third kappa shape index (κ3) is 5.26. The smallest absolute Gasteiger partial charge is 0.338 e. The molecule has 1 aromatic carbocycles. The minimum atomic E-state index is -0.425. The number of benzene rings is 1. The minimum absolute atomic E-state index is 0.214. The van der Waals surface area contributed by atoms with E-state index in [0.717, 1.165) is 11.1 Å². The van der Waals surface area contributed by atoms with Crippen LogP contribution in [0.25, 0.3) is 0 Å². The average Bonchev–Trinajstić information content (AvgIpc) is 2.36. The minimum Gasteiger partial charge on any atom is -0.462 e. The van der Waals surface area contributed by atoms with Crippen LogP contribution in [-0.4, -0.2) is 25.2 Å². The van der Waals surface area contributed by atoms with Gasteiger partial charge in [-0.2, -0.15) is 0 Å². The standard InChI is InChI=1S/C16H20O4/c1-11(2)15(17)19-6-5-7-20-16(18)14-9-12(3)8-13(4)10-14/h8-10H,1,5-7H2,2-4H3. The lowest BCUT2D eigenvalue weighted by Gasteiger charge is -2.07. The van der Waals surface area contributed by atoms with Gasteiger partial charge in [-0.05, 0) is 32.9 Å². The third-order valence-electron chi connectivity index (χ3n) is 2.56. The molecule has 0 bridgehead atoms. The maximum Gasteiger partial charge on any atom is 0.338 e. The average molecular weight is 276 g/mol. The Morgan fingerprint density at radius 2 is 1.60 bits per heavy atom. The summed E-state index contributed by atoms with van der Waals surface area (Å²) in [6, 6.07) is 5.57. The molecule has 108 valence electrons. The van der Waals surface area contributed by atoms with Gasteiger partial charge < -0.3 is 9.47 Å². The Hall–Kier alpha value is -2.10. The predicted molar refractivity (Wildman–Crippen MR) is 76.6 cm³/mol. The van der Waals surface area contributed by atoms with E-state index in [1.54, 1.807) is 19.1 Å². The number of hydrogen-bond acceptors (Lipinski definition) is 4. The van der Waals surface area contributed by atoms with Crippen molar-refractivity contribution in [2.75, 3.05) is 13.2 Å². The van der Waals surface area contributed by atoms with Gasteiger partial charge in [-0.1, -0.05) is 23.8 Å². The molecule has 20 heavy (non-hydrogen) atoms. The van der Waals surface area contributed by atoms with Crippen LogP contribution >= 0.6 is 0 Å². The number of esters is 2. The highest BCUT2D eigenvalue weighted by molar-refractivity contribution is 5.89. The van der Waals surface area contributed by atoms with Crippen molar-refractivity contribution in [1.82, 2.24) is 0 Å². The van der Waals surface area contributed by atoms with E-state index in [0.29, 0.717) is 17.6 Å². The van der Waals surface area contributed by atoms with E-state index < -0.39 is 5.97 Å². The van der Waals surface area contributed by atoms with Crippen molar-refractivity contribution >= 4 is 11.9 Å². The molecule has 0 aromatic heterocycles. The molecule has 1 rings (SSSR count). The van der Waals surface area contributed by atoms with Gasteiger partial charge in [0.2, 0.25) is 0 Å². The van der Waals surface area contributed by atoms with Gasteiger partial charge in [-0.25, -0.2) is 9.59 Å². The van der Waals surface area contributed by atoms with E-state index in [1.807, 2.05) is 19.9 Å². The molecule has 0 radical (unpaired) electrons. The SMILES string of the molecule is C=C(C)C(=O)OCCCOC(=O)c1cc(C)cc(C)c1. The van der Waals surface area contributed by atoms with Crippen molar-refractivity contribution in [3.05, 3.63) is 47.0 Å². The molecule has 0 heterocycles. The molecule has 0 spiro atoms. The quantitative estimate of drug-likeness (QED) is 0.455. The molecule has 0 amide bonds. The van der Waals surface area contributed by atoms with Crippen LogP contribution in [0.5, 0.6) is 0 Å². The topological polar surface area (TPSA) is 52.6 Å². The molecule has 0 saturated heterocycles. The Labute approximate surface area is 119 Å². The third-order valence-corrected chi connectivity index (χ3v) is 2.56. The molecule has 4 heteroatoms. The van der Waals surface area contributed by atoms with E-state index in [9.17, 15) is 9.59 Å². The molecule has 0 N–H and O–H groups in total. The molecular weight excluding hydrogens is 256 g/mol. The van der Waals surface area contributed by atoms with Gasteiger partial charge in [-0.15, -0.1) is 0 Å². The van der Waals surface area contributed by atoms with Crippen molar-refractivity contribution in [2.45, 2.75) is 27.2 Å². The Kier molecular flexibility index (Phi) is 5.97. The lowest BCUT2D eigenvalue weighted by atomic mass is 10.1. The molecule has 0 atom stereocenters. The largest absolute Gasteiger partial charge is 0.462 e. The van der Waals surface area contributed by atoms with Crippen LogP contribution in [0.2, 0.25) is 0 Å². The summed E-state index contributed by atoms with van der Waals surface area (Å²) < 4.78 is 10.0. The molecule has 0 aliphatic rings. The Morgan fingerprint density at radius 3 is 2.15 bits per heavy atom. The van der Waals surface area contributed by atoms with Gasteiger partial charge in [0.1, 0.15) is 0 Å². The Morgan fingerprint density at radius 1 is 1.05 bits per heavy atom. The van der Waals surface area contributed by atoms with Crippen LogP contribution in [0.1, 0.15) is 34.8 Å². The summed E-state index contributed by atoms with van der Waals surface area (Å²) in [5, 5.41) is 0. The van der Waals surface area contributed by atoms with Gasteiger partial charge in [0.15, 0.2) is 0 Å². The molecule has 1 aromatic rings. The summed E-state index contributed by atoms with van der Waals surface area (Å²) >= 11 is 0. The summed E-state index contributed by atoms with van der Waals surface area (Å²) in [5.74, 6) is -0.784. The van der Waals surface area contributed by atoms with Crippen molar-refractivity contribution in [2.24, 2.45) is 0 Å². The van der Waals surface area contributed by atoms with Crippen molar-refractivity contribution in [1.29, 1.82) is 0 Å². The van der Waals surface area contributed by atoms with E-state index in [-0.39, 0.29) is 19.2 Å². The van der Waals surface area contributed by atoms with Crippen molar-refractivity contribution < 1.29 is 19.1 Å². The zero-order valence-electron chi connectivity index (χ0n) is 12.2. The zero-order valence-corrected chi connectivity index (χ0v) is 12.2. The second-order valence-corrected chi connectivity index (χ2v) is 4.78. The number of aryl methyl sites for hydroxylation is 2. The van der Waals surface area contributed by atoms with Gasteiger partial charge in [0, 0.05) is 12.0 Å². The van der Waals surface area contributed by atoms with E-state index in [1.165, 1.54) is 0 Å². The van der Waals surface area contributed by atoms with E-state index in [2.05, 4.69) is 6.58 Å². The van der Waals surface area contributed by atoms with Crippen molar-refractivity contribution in [3.63, 3.8) is 0 Å². The number of carbonyl (C=O) groups excluding carboxylic acids is 2. The summed E-state index contributed by atoms with van der Waals surface area (Å²) in [7, 11) is 0. The van der Waals surface area contributed by atoms with Crippen LogP contribution in [0.4, 0.5) is 0 Å². The predicted octanol–water partition coefficient (Wildman–Crippen LogP) is 2.97. The summed E-state index contributed by atoms with van der Waals surface area (Å²) in [6.45, 7) is 9.36. The fraction of sp³-hybridized carbons (Fsp3) is 0.375. The lowest BCUT2D eigenvalue weighted by Crippen LogP contribution is -2.11. The molecule has 0 aliphatic heterocycles. The summed E-state index contributed by atoms with van der Waals surface area (Å²) in [4.78, 5) is 22.9. The highest BCUT2D eigenvalue weighted by Crippen LogP contribution is 2.10. The monoisotopic (exact) mass is 276 g/mol. The van der Waals surface area contributed by atoms with E-state index in [4.69, 9.17) is 9.47 Å². The van der Waals surface area contributed by atoms with Gasteiger partial charge in [0.25, 0.3) is 0 Å². The molecule has 0 unspecified atom stereocenters. The van der Waals surface area contributed by atoms with E-state index >= 15 is 0 Å². The first-order valence-corrected chi connectivity index (χ1v) is 6.48. The van der Waals surface area contributed by atoms with Crippen LogP contribution < -0.4 is 0 Å². The second-order valence-electron chi connectivity index (χ2n) is 4.78. The zero-order chi connectivity index (χ0) is 15.1. The maximum atomic E-state index is 11.8. The normalized spacial score (nSPS) is 9.95. The fourth-order valence-corrected chi connectivity index (χ4v) is 1.69. The van der Waals surface area contributed by atoms with Gasteiger partial charge in [0.05, 0.1) is 18.8 Å². The van der Waals surface area contributed by atoms with Crippen molar-refractivity contribution in [3.8, 4) is 0 Å². The Balaban J connectivity index is 2.33. The second kappa shape index (κ2) is 7.48. The fourth-order valence-electron chi connectivity index (χ4n) is 1.69. The molecule has 0 fully saturated rings. The summed E-state index contributed by atoms with van der Waals surface area (Å²) in [6.07, 6.45) is 0.468. The number of hydrogen-bond donors (Lipinski definition) is 0. The first kappa shape index (κ1) is 16.0. The number of ether oxygens (including phenoxy) is 2. The van der Waals surface area contributed by atoms with Crippen LogP contribution in [0.3, 0.4) is 0 Å². The van der Waals surface area contributed by atoms with Gasteiger partial charge in [-0.3, -0.25) is 0 Å². The number of rotatable bonds is 6. The maximum absolute atomic E-state index is 11.8. The Bertz CT molecular complexity index is 497. The lowest BCUT2D eigenvalue weighted by molar-refractivity contribution is -0.139. The first-order chi connectivity index (χ1) is 9.40. The number of carbonyl (C=O) groups is 2. The summed E-state index contributed by atoms with van der Waals surface area (Å²) in [5.41, 5.74) is 2.94.